The van der Waals surface area contributed by atoms with Crippen LogP contribution in [0.5, 0.6) is 0 Å². The smallest absolute Gasteiger partial charge is 0.216 e. The Morgan fingerprint density at radius 1 is 0.826 bits per heavy atom. The van der Waals surface area contributed by atoms with Crippen molar-refractivity contribution in [2.24, 2.45) is 11.3 Å². The molecule has 46 heavy (non-hydrogen) atoms. The summed E-state index contributed by atoms with van der Waals surface area (Å²) in [7, 11) is -1.34. The third-order valence-corrected chi connectivity index (χ3v) is 9.88. The first-order valence-electron chi connectivity index (χ1n) is 15.9. The fourth-order valence-corrected chi connectivity index (χ4v) is 7.30. The van der Waals surface area contributed by atoms with Gasteiger partial charge in [-0.15, -0.1) is 54.1 Å². The van der Waals surface area contributed by atoms with E-state index in [-0.39, 0.29) is 25.5 Å². The molecule has 4 heterocycles. The summed E-state index contributed by atoms with van der Waals surface area (Å²) in [6, 6.07) is 27.0. The van der Waals surface area contributed by atoms with Crippen LogP contribution in [0, 0.1) is 30.4 Å². The second-order valence-electron chi connectivity index (χ2n) is 14.6. The Balaban J connectivity index is 0.000000210. The number of rotatable bonds is 6. The van der Waals surface area contributed by atoms with Crippen molar-refractivity contribution < 1.29 is 24.5 Å². The fraction of sp³-hybridized carbons (Fsp3) is 0.325. The Kier molecular flexibility index (Phi) is 11.2. The van der Waals surface area contributed by atoms with Gasteiger partial charge in [0.2, 0.25) is 5.71 Å². The second-order valence-corrected chi connectivity index (χ2v) is 19.7. The summed E-state index contributed by atoms with van der Waals surface area (Å²) in [6.07, 6.45) is 7.94. The largest absolute Gasteiger partial charge is 0.486 e. The number of hydrogen-bond donors (Lipinski definition) is 0. The van der Waals surface area contributed by atoms with E-state index in [0.29, 0.717) is 11.6 Å². The van der Waals surface area contributed by atoms with E-state index < -0.39 is 8.07 Å². The quantitative estimate of drug-likeness (QED) is 0.124. The maximum absolute atomic E-state index is 6.03. The van der Waals surface area contributed by atoms with Crippen molar-refractivity contribution in [3.63, 3.8) is 0 Å². The van der Waals surface area contributed by atoms with Crippen LogP contribution >= 0.6 is 0 Å². The molecule has 6 heteroatoms. The number of furan rings is 1. The van der Waals surface area contributed by atoms with Crippen molar-refractivity contribution in [2.45, 2.75) is 74.0 Å². The van der Waals surface area contributed by atoms with Gasteiger partial charge in [-0.1, -0.05) is 88.5 Å². The van der Waals surface area contributed by atoms with Crippen LogP contribution in [0.25, 0.3) is 44.6 Å². The molecule has 6 rings (SSSR count). The van der Waals surface area contributed by atoms with Crippen LogP contribution in [-0.2, 0) is 32.9 Å². The van der Waals surface area contributed by atoms with Crippen molar-refractivity contribution in [1.29, 1.82) is 0 Å². The minimum Gasteiger partial charge on any atom is -0.486 e. The summed E-state index contributed by atoms with van der Waals surface area (Å²) in [6.45, 7) is 20.6. The Morgan fingerprint density at radius 2 is 1.57 bits per heavy atom. The first kappa shape index (κ1) is 35.4. The van der Waals surface area contributed by atoms with Crippen LogP contribution in [0.1, 0.15) is 51.3 Å². The molecule has 0 bridgehead atoms. The van der Waals surface area contributed by atoms with Gasteiger partial charge in [-0.3, -0.25) is 0 Å². The molecule has 1 radical (unpaired) electrons. The van der Waals surface area contributed by atoms with Gasteiger partial charge in [0.15, 0.2) is 0 Å². The molecule has 6 aromatic rings. The number of nitrogens with zero attached hydrogens (tertiary/aromatic N) is 3. The van der Waals surface area contributed by atoms with Gasteiger partial charge in [0.25, 0.3) is 0 Å². The van der Waals surface area contributed by atoms with E-state index >= 15 is 0 Å². The summed E-state index contributed by atoms with van der Waals surface area (Å²) in [4.78, 5) is 13.7. The van der Waals surface area contributed by atoms with Crippen LogP contribution in [0.2, 0.25) is 19.6 Å². The van der Waals surface area contributed by atoms with Crippen LogP contribution in [0.15, 0.2) is 83.7 Å². The van der Waals surface area contributed by atoms with Gasteiger partial charge in [-0.05, 0) is 65.4 Å². The predicted octanol–water partition coefficient (Wildman–Crippen LogP) is 10.0. The van der Waals surface area contributed by atoms with Crippen LogP contribution < -0.4 is 5.19 Å². The van der Waals surface area contributed by atoms with Crippen LogP contribution in [0.3, 0.4) is 0 Å². The predicted molar refractivity (Wildman–Crippen MR) is 192 cm³/mol. The molecule has 0 saturated heterocycles. The summed E-state index contributed by atoms with van der Waals surface area (Å²) in [5, 5.41) is 3.57. The SMILES string of the molecule is CC(C)Cc1cc(-c2[c-]cccc2)ncc1[Si](C)(C)C.Cc1cnc(-c2[c-]ccc3c2oc2ncccc23)cc1CC(C)(C)C.[Ir]. The first-order chi connectivity index (χ1) is 21.3. The molecule has 0 aliphatic heterocycles. The van der Waals surface area contributed by atoms with Gasteiger partial charge in [0.05, 0.1) is 13.7 Å². The molecule has 0 unspecified atom stereocenters. The monoisotopic (exact) mass is 804 g/mol. The summed E-state index contributed by atoms with van der Waals surface area (Å²) in [5.74, 6) is 0.667. The molecule has 241 valence electrons. The maximum Gasteiger partial charge on any atom is 0.216 e. The Hall–Kier alpha value is -3.44. The van der Waals surface area contributed by atoms with Crippen molar-refractivity contribution in [3.05, 3.63) is 108 Å². The first-order valence-corrected chi connectivity index (χ1v) is 19.4. The normalized spacial score (nSPS) is 11.8. The molecular weight excluding hydrogens is 759 g/mol. The molecule has 2 aromatic carbocycles. The number of pyridine rings is 3. The Labute approximate surface area is 289 Å². The van der Waals surface area contributed by atoms with Gasteiger partial charge in [0, 0.05) is 44.1 Å². The van der Waals surface area contributed by atoms with E-state index in [2.05, 4.69) is 113 Å². The number of aryl methyl sites for hydroxylation is 1. The average molecular weight is 804 g/mol. The number of hydrogen-bond acceptors (Lipinski definition) is 4. The third-order valence-electron chi connectivity index (χ3n) is 7.81. The topological polar surface area (TPSA) is 51.8 Å². The summed E-state index contributed by atoms with van der Waals surface area (Å²) in [5.41, 5.74) is 9.61. The van der Waals surface area contributed by atoms with E-state index in [4.69, 9.17) is 4.42 Å². The molecule has 4 nitrogen and oxygen atoms in total. The summed E-state index contributed by atoms with van der Waals surface area (Å²) < 4.78 is 6.03. The minimum absolute atomic E-state index is 0. The number of aromatic nitrogens is 3. The molecule has 0 aliphatic carbocycles. The zero-order chi connectivity index (χ0) is 32.4. The van der Waals surface area contributed by atoms with Gasteiger partial charge in [0.1, 0.15) is 0 Å². The molecule has 4 aromatic heterocycles. The molecule has 0 aliphatic rings. The minimum atomic E-state index is -1.34. The molecule has 0 fully saturated rings. The third kappa shape index (κ3) is 8.47. The molecule has 0 atom stereocenters. The van der Waals surface area contributed by atoms with E-state index in [1.165, 1.54) is 21.9 Å². The molecular formula is C40H45IrN3OSi-2. The van der Waals surface area contributed by atoms with Gasteiger partial charge in [-0.25, -0.2) is 4.98 Å². The molecule has 0 spiro atoms. The zero-order valence-electron chi connectivity index (χ0n) is 28.6. The number of benzene rings is 2. The van der Waals surface area contributed by atoms with Gasteiger partial charge >= 0.3 is 0 Å². The van der Waals surface area contributed by atoms with E-state index in [0.717, 1.165) is 51.7 Å². The van der Waals surface area contributed by atoms with Crippen LogP contribution in [-0.4, -0.2) is 23.0 Å². The average Bonchev–Trinajstić information content (AvgIpc) is 3.37. The fourth-order valence-electron chi connectivity index (χ4n) is 5.71. The Morgan fingerprint density at radius 3 is 2.24 bits per heavy atom. The second kappa shape index (κ2) is 14.5. The molecule has 0 N–H and O–H groups in total. The standard InChI is InChI=1S/C22H21N2O.C18H24NSi.Ir/c1-14-13-24-19(11-15(14)12-22(2,3)4)18-8-5-7-16-17-9-6-10-23-21(17)25-20(16)18;1-14(2)11-16-12-17(15-9-7-6-8-10-15)19-13-18(16)20(3,4)5;/h5-7,9-11,13H,12H2,1-4H3;6-9,12-14H,11H2,1-5H3;/q2*-1;. The van der Waals surface area contributed by atoms with Crippen molar-refractivity contribution in [1.82, 2.24) is 15.0 Å². The maximum atomic E-state index is 6.03. The van der Waals surface area contributed by atoms with Crippen LogP contribution in [0.4, 0.5) is 0 Å². The van der Waals surface area contributed by atoms with Gasteiger partial charge < -0.3 is 14.4 Å². The van der Waals surface area contributed by atoms with E-state index in [1.807, 2.05) is 48.7 Å². The number of fused-ring (bicyclic) bond motifs is 3. The van der Waals surface area contributed by atoms with Crippen molar-refractivity contribution in [2.75, 3.05) is 0 Å². The van der Waals surface area contributed by atoms with Gasteiger partial charge in [-0.2, -0.15) is 0 Å². The van der Waals surface area contributed by atoms with Crippen molar-refractivity contribution >= 4 is 35.3 Å². The van der Waals surface area contributed by atoms with E-state index in [1.54, 1.807) is 6.20 Å². The summed E-state index contributed by atoms with van der Waals surface area (Å²) >= 11 is 0. The zero-order valence-corrected chi connectivity index (χ0v) is 32.0. The Bertz CT molecular complexity index is 1920. The van der Waals surface area contributed by atoms with E-state index in [9.17, 15) is 0 Å². The molecule has 0 amide bonds. The molecule has 0 saturated carbocycles. The van der Waals surface area contributed by atoms with Crippen molar-refractivity contribution in [3.8, 4) is 22.5 Å².